The summed E-state index contributed by atoms with van der Waals surface area (Å²) in [6, 6.07) is 0. The molecule has 1 aliphatic heterocycles. The molecule has 0 aromatic carbocycles. The predicted molar refractivity (Wildman–Crippen MR) is 62.1 cm³/mol. The maximum absolute atomic E-state index is 11.6. The van der Waals surface area contributed by atoms with E-state index in [0.717, 1.165) is 4.68 Å². The van der Waals surface area contributed by atoms with E-state index >= 15 is 0 Å². The summed E-state index contributed by atoms with van der Waals surface area (Å²) < 4.78 is 6.64. The Balaban J connectivity index is 2.08. The summed E-state index contributed by atoms with van der Waals surface area (Å²) in [5.41, 5.74) is 7.13. The van der Waals surface area contributed by atoms with Crippen molar-refractivity contribution in [1.82, 2.24) is 14.8 Å². The van der Waals surface area contributed by atoms with Gasteiger partial charge in [0.15, 0.2) is 6.23 Å². The highest BCUT2D eigenvalue weighted by Gasteiger charge is 2.28. The number of aryl methyl sites for hydroxylation is 1. The molecule has 0 bridgehead atoms. The summed E-state index contributed by atoms with van der Waals surface area (Å²) in [6.45, 7) is 1.61. The van der Waals surface area contributed by atoms with Crippen molar-refractivity contribution >= 4 is 0 Å². The number of nitrogens with one attached hydrogen (secondary N) is 1. The normalized spacial score (nSPS) is 21.9. The Bertz CT molecular complexity index is 616. The fourth-order valence-corrected chi connectivity index (χ4v) is 1.82. The molecule has 0 unspecified atom stereocenters. The maximum Gasteiger partial charge on any atom is 0.347 e. The van der Waals surface area contributed by atoms with E-state index in [0.29, 0.717) is 12.8 Å². The molecule has 102 valence electrons. The van der Waals surface area contributed by atoms with Crippen LogP contribution in [-0.4, -0.2) is 27.5 Å². The van der Waals surface area contributed by atoms with E-state index < -0.39 is 17.5 Å². The van der Waals surface area contributed by atoms with Gasteiger partial charge < -0.3 is 9.57 Å². The van der Waals surface area contributed by atoms with Crippen molar-refractivity contribution in [3.05, 3.63) is 37.0 Å². The molecule has 2 rings (SSSR count). The first-order valence-corrected chi connectivity index (χ1v) is 5.63. The van der Waals surface area contributed by atoms with Gasteiger partial charge in [0.25, 0.3) is 5.56 Å². The minimum absolute atomic E-state index is 0.109. The Morgan fingerprint density at radius 1 is 1.63 bits per heavy atom. The molecule has 1 aromatic rings. The molecule has 19 heavy (non-hydrogen) atoms. The standard InChI is InChI=1S/C9H12N6O4/c1-5-8(16)11-9(17)15(12-5)7-3-2-6(19-7)4-18-14-13-10/h6-7H,2-4H2,1H3,(H,11,16,17)/t6-,7+/m0/s1. The Labute approximate surface area is 106 Å². The average molecular weight is 268 g/mol. The number of azide groups is 1. The topological polar surface area (TPSA) is 135 Å². The van der Waals surface area contributed by atoms with Crippen LogP contribution in [0.4, 0.5) is 0 Å². The molecular weight excluding hydrogens is 256 g/mol. The van der Waals surface area contributed by atoms with Gasteiger partial charge in [0, 0.05) is 4.91 Å². The number of nitrogens with zero attached hydrogens (tertiary/aromatic N) is 5. The number of hydrogen-bond acceptors (Lipinski definition) is 6. The minimum Gasteiger partial charge on any atom is -0.431 e. The lowest BCUT2D eigenvalue weighted by Gasteiger charge is -2.14. The summed E-state index contributed by atoms with van der Waals surface area (Å²) in [5.74, 6) is 0. The number of aromatic nitrogens is 3. The highest BCUT2D eigenvalue weighted by molar-refractivity contribution is 4.89. The number of aromatic amines is 1. The molecular formula is C9H12N6O4. The molecule has 0 radical (unpaired) electrons. The van der Waals surface area contributed by atoms with Gasteiger partial charge in [-0.15, -0.1) is 0 Å². The summed E-state index contributed by atoms with van der Waals surface area (Å²) in [4.78, 5) is 32.1. The highest BCUT2D eigenvalue weighted by Crippen LogP contribution is 2.26. The Hall–Kier alpha value is -2.32. The second-order valence-corrected chi connectivity index (χ2v) is 4.05. The summed E-state index contributed by atoms with van der Waals surface area (Å²) in [5, 5.41) is 6.84. The third kappa shape index (κ3) is 2.92. The molecule has 1 N–H and O–H groups in total. The molecule has 2 heterocycles. The summed E-state index contributed by atoms with van der Waals surface area (Å²) in [6.07, 6.45) is 0.361. The fraction of sp³-hybridized carbons (Fsp3) is 0.667. The Kier molecular flexibility index (Phi) is 3.83. The first-order valence-electron chi connectivity index (χ1n) is 5.63. The third-order valence-electron chi connectivity index (χ3n) is 2.73. The average Bonchev–Trinajstić information content (AvgIpc) is 2.83. The molecule has 1 aliphatic rings. The molecule has 0 saturated carbocycles. The van der Waals surface area contributed by atoms with E-state index in [2.05, 4.69) is 25.1 Å². The zero-order valence-corrected chi connectivity index (χ0v) is 10.1. The Morgan fingerprint density at radius 2 is 2.42 bits per heavy atom. The molecule has 0 spiro atoms. The van der Waals surface area contributed by atoms with Crippen LogP contribution in [0, 0.1) is 6.92 Å². The van der Waals surface area contributed by atoms with Crippen LogP contribution >= 0.6 is 0 Å². The summed E-state index contributed by atoms with van der Waals surface area (Å²) in [7, 11) is 0. The lowest BCUT2D eigenvalue weighted by atomic mass is 10.2. The molecule has 2 atom stereocenters. The van der Waals surface area contributed by atoms with Crippen LogP contribution in [0.5, 0.6) is 0 Å². The van der Waals surface area contributed by atoms with Crippen molar-refractivity contribution in [2.45, 2.75) is 32.1 Å². The minimum atomic E-state index is -0.614. The van der Waals surface area contributed by atoms with Gasteiger partial charge in [-0.1, -0.05) is 0 Å². The van der Waals surface area contributed by atoms with E-state index in [1.165, 1.54) is 6.92 Å². The van der Waals surface area contributed by atoms with Crippen molar-refractivity contribution in [3.63, 3.8) is 0 Å². The zero-order chi connectivity index (χ0) is 13.8. The van der Waals surface area contributed by atoms with Crippen LogP contribution < -0.4 is 11.2 Å². The van der Waals surface area contributed by atoms with Gasteiger partial charge in [0.05, 0.1) is 6.10 Å². The third-order valence-corrected chi connectivity index (χ3v) is 2.73. The van der Waals surface area contributed by atoms with Crippen molar-refractivity contribution < 1.29 is 9.57 Å². The van der Waals surface area contributed by atoms with Gasteiger partial charge in [-0.25, -0.2) is 4.79 Å². The molecule has 1 aromatic heterocycles. The second kappa shape index (κ2) is 5.55. The van der Waals surface area contributed by atoms with E-state index in [1.54, 1.807) is 0 Å². The molecule has 0 amide bonds. The zero-order valence-electron chi connectivity index (χ0n) is 10.1. The predicted octanol–water partition coefficient (Wildman–Crippen LogP) is 0.160. The van der Waals surface area contributed by atoms with Gasteiger partial charge in [-0.05, 0) is 25.3 Å². The van der Waals surface area contributed by atoms with E-state index in [4.69, 9.17) is 10.3 Å². The number of hydrogen-bond donors (Lipinski definition) is 1. The van der Waals surface area contributed by atoms with Crippen molar-refractivity contribution in [2.24, 2.45) is 5.28 Å². The van der Waals surface area contributed by atoms with E-state index in [9.17, 15) is 9.59 Å². The molecule has 1 saturated heterocycles. The van der Waals surface area contributed by atoms with Gasteiger partial charge >= 0.3 is 5.69 Å². The summed E-state index contributed by atoms with van der Waals surface area (Å²) >= 11 is 0. The van der Waals surface area contributed by atoms with Crippen LogP contribution in [-0.2, 0) is 9.57 Å². The largest absolute Gasteiger partial charge is 0.431 e. The van der Waals surface area contributed by atoms with Crippen LogP contribution in [0.2, 0.25) is 0 Å². The van der Waals surface area contributed by atoms with Crippen LogP contribution in [0.1, 0.15) is 24.8 Å². The molecule has 1 fully saturated rings. The lowest BCUT2D eigenvalue weighted by Crippen LogP contribution is -2.36. The number of ether oxygens (including phenoxy) is 1. The van der Waals surface area contributed by atoms with Gasteiger partial charge in [0.1, 0.15) is 17.6 Å². The van der Waals surface area contributed by atoms with Gasteiger partial charge in [-0.3, -0.25) is 9.78 Å². The second-order valence-electron chi connectivity index (χ2n) is 4.05. The monoisotopic (exact) mass is 268 g/mol. The maximum atomic E-state index is 11.6. The van der Waals surface area contributed by atoms with Crippen LogP contribution in [0.25, 0.3) is 10.4 Å². The smallest absolute Gasteiger partial charge is 0.347 e. The number of rotatable bonds is 4. The first-order chi connectivity index (χ1) is 9.11. The van der Waals surface area contributed by atoms with Crippen molar-refractivity contribution in [2.75, 3.05) is 6.61 Å². The molecule has 10 heteroatoms. The van der Waals surface area contributed by atoms with E-state index in [1.807, 2.05) is 0 Å². The van der Waals surface area contributed by atoms with Gasteiger partial charge in [-0.2, -0.15) is 9.78 Å². The quantitative estimate of drug-likeness (QED) is 0.359. The lowest BCUT2D eigenvalue weighted by molar-refractivity contribution is -0.0486. The van der Waals surface area contributed by atoms with Crippen LogP contribution in [0.15, 0.2) is 14.9 Å². The molecule has 0 aliphatic carbocycles. The van der Waals surface area contributed by atoms with Crippen molar-refractivity contribution in [1.29, 1.82) is 0 Å². The van der Waals surface area contributed by atoms with E-state index in [-0.39, 0.29) is 18.4 Å². The molecule has 10 nitrogen and oxygen atoms in total. The first kappa shape index (κ1) is 13.1. The fourth-order valence-electron chi connectivity index (χ4n) is 1.82. The van der Waals surface area contributed by atoms with Crippen molar-refractivity contribution in [3.8, 4) is 0 Å². The SMILES string of the molecule is Cc1nn([C@H]2CC[C@@H](CON=[N+]=[N-])O2)c(=O)[nH]c1=O. The number of H-pyrrole nitrogens is 1. The van der Waals surface area contributed by atoms with Crippen LogP contribution in [0.3, 0.4) is 0 Å². The van der Waals surface area contributed by atoms with Gasteiger partial charge in [0.2, 0.25) is 0 Å². The highest BCUT2D eigenvalue weighted by atomic mass is 16.7. The Morgan fingerprint density at radius 3 is 3.16 bits per heavy atom.